The summed E-state index contributed by atoms with van der Waals surface area (Å²) in [5, 5.41) is 2.13. The van der Waals surface area contributed by atoms with Crippen molar-refractivity contribution in [1.82, 2.24) is 4.98 Å². The summed E-state index contributed by atoms with van der Waals surface area (Å²) >= 11 is 1.78. The van der Waals surface area contributed by atoms with Crippen molar-refractivity contribution in [1.29, 1.82) is 0 Å². The molecule has 4 rings (SSSR count). The first-order valence-corrected chi connectivity index (χ1v) is 7.59. The average molecular weight is 255 g/mol. The molecule has 1 fully saturated rings. The zero-order valence-electron chi connectivity index (χ0n) is 10.8. The molecule has 0 aliphatic heterocycles. The van der Waals surface area contributed by atoms with Crippen molar-refractivity contribution in [2.75, 3.05) is 0 Å². The lowest BCUT2D eigenvalue weighted by molar-refractivity contribution is 0.535. The van der Waals surface area contributed by atoms with Gasteiger partial charge in [0.1, 0.15) is 0 Å². The smallest absolute Gasteiger partial charge is 0.0805 e. The Morgan fingerprint density at radius 3 is 2.94 bits per heavy atom. The van der Waals surface area contributed by atoms with Crippen LogP contribution in [0.1, 0.15) is 37.4 Å². The Labute approximate surface area is 112 Å². The highest BCUT2D eigenvalue weighted by Crippen LogP contribution is 2.68. The van der Waals surface area contributed by atoms with E-state index in [0.717, 1.165) is 11.6 Å². The first kappa shape index (κ1) is 10.7. The van der Waals surface area contributed by atoms with Gasteiger partial charge in [0.15, 0.2) is 0 Å². The van der Waals surface area contributed by atoms with Gasteiger partial charge < -0.3 is 0 Å². The van der Waals surface area contributed by atoms with E-state index in [1.54, 1.807) is 11.3 Å². The maximum atomic E-state index is 4.98. The fraction of sp³-hybridized carbons (Fsp3) is 0.438. The lowest BCUT2D eigenvalue weighted by atomic mass is 9.96. The van der Waals surface area contributed by atoms with Crippen molar-refractivity contribution >= 4 is 11.3 Å². The van der Waals surface area contributed by atoms with E-state index in [9.17, 15) is 0 Å². The zero-order chi connectivity index (χ0) is 12.3. The van der Waals surface area contributed by atoms with Gasteiger partial charge in [0.2, 0.25) is 0 Å². The van der Waals surface area contributed by atoms with Crippen LogP contribution in [0.4, 0.5) is 0 Å². The molecular weight excluding hydrogens is 238 g/mol. The van der Waals surface area contributed by atoms with Gasteiger partial charge in [0.25, 0.3) is 0 Å². The van der Waals surface area contributed by atoms with Gasteiger partial charge in [-0.25, -0.2) is 0 Å². The van der Waals surface area contributed by atoms with Gasteiger partial charge in [-0.1, -0.05) is 26.0 Å². The average Bonchev–Trinajstić information content (AvgIpc) is 2.80. The minimum absolute atomic E-state index is 0.478. The Balaban J connectivity index is 1.82. The summed E-state index contributed by atoms with van der Waals surface area (Å²) in [7, 11) is 0. The molecule has 0 bridgehead atoms. The highest BCUT2D eigenvalue weighted by atomic mass is 32.1. The van der Waals surface area contributed by atoms with Gasteiger partial charge in [-0.15, -0.1) is 11.3 Å². The molecule has 0 aromatic carbocycles. The van der Waals surface area contributed by atoms with E-state index >= 15 is 0 Å². The number of fused-ring (bicyclic) bond motifs is 3. The number of rotatable bonds is 1. The van der Waals surface area contributed by atoms with E-state index < -0.39 is 0 Å². The molecule has 92 valence electrons. The van der Waals surface area contributed by atoms with Crippen LogP contribution in [0.3, 0.4) is 0 Å². The molecule has 2 aliphatic carbocycles. The van der Waals surface area contributed by atoms with Gasteiger partial charge >= 0.3 is 0 Å². The molecule has 0 radical (unpaired) electrons. The highest BCUT2D eigenvalue weighted by Gasteiger charge is 2.60. The minimum Gasteiger partial charge on any atom is -0.251 e. The predicted octanol–water partition coefficient (Wildman–Crippen LogP) is 4.50. The van der Waals surface area contributed by atoms with E-state index in [1.165, 1.54) is 29.0 Å². The molecule has 2 atom stereocenters. The molecule has 1 nitrogen and oxygen atoms in total. The fourth-order valence-electron chi connectivity index (χ4n) is 3.68. The summed E-state index contributed by atoms with van der Waals surface area (Å²) in [6, 6.07) is 8.77. The quantitative estimate of drug-likeness (QED) is 0.731. The van der Waals surface area contributed by atoms with Crippen LogP contribution in [0, 0.1) is 11.3 Å². The van der Waals surface area contributed by atoms with Crippen molar-refractivity contribution in [3.63, 3.8) is 0 Å². The lowest BCUT2D eigenvalue weighted by Crippen LogP contribution is -2.04. The van der Waals surface area contributed by atoms with Crippen LogP contribution in [-0.2, 0) is 6.42 Å². The van der Waals surface area contributed by atoms with Gasteiger partial charge in [-0.3, -0.25) is 4.98 Å². The maximum absolute atomic E-state index is 4.98. The SMILES string of the molecule is CC1(C)[C@@H]2CCc3ccc(-c4cccs4)nc3[C@@H]21. The van der Waals surface area contributed by atoms with Crippen LogP contribution >= 0.6 is 11.3 Å². The van der Waals surface area contributed by atoms with Crippen molar-refractivity contribution < 1.29 is 0 Å². The standard InChI is InChI=1S/C16H17NS/c1-16(2)11-7-5-10-6-8-12(13-4-3-9-18-13)17-15(10)14(11)16/h3-4,6,8-9,11,14H,5,7H2,1-2H3/t11-,14-/m1/s1. The molecule has 2 heterocycles. The van der Waals surface area contributed by atoms with Gasteiger partial charge in [-0.05, 0) is 47.3 Å². The third kappa shape index (κ3) is 1.36. The molecule has 2 aromatic heterocycles. The number of thiophene rings is 1. The van der Waals surface area contributed by atoms with Crippen molar-refractivity contribution in [2.45, 2.75) is 32.6 Å². The first-order valence-electron chi connectivity index (χ1n) is 6.71. The molecule has 2 heteroatoms. The summed E-state index contributed by atoms with van der Waals surface area (Å²) in [4.78, 5) is 6.27. The largest absolute Gasteiger partial charge is 0.251 e. The van der Waals surface area contributed by atoms with Crippen LogP contribution in [0.2, 0.25) is 0 Å². The number of hydrogen-bond donors (Lipinski definition) is 0. The summed E-state index contributed by atoms with van der Waals surface area (Å²) in [6.45, 7) is 4.80. The van der Waals surface area contributed by atoms with Gasteiger partial charge in [-0.2, -0.15) is 0 Å². The minimum atomic E-state index is 0.478. The Morgan fingerprint density at radius 2 is 2.17 bits per heavy atom. The highest BCUT2D eigenvalue weighted by molar-refractivity contribution is 7.13. The Kier molecular flexibility index (Phi) is 2.06. The summed E-state index contributed by atoms with van der Waals surface area (Å²) in [5.74, 6) is 1.58. The van der Waals surface area contributed by atoms with Crippen molar-refractivity contribution in [3.05, 3.63) is 40.9 Å². The fourth-order valence-corrected chi connectivity index (χ4v) is 4.38. The van der Waals surface area contributed by atoms with Gasteiger partial charge in [0.05, 0.1) is 10.6 Å². The first-order chi connectivity index (χ1) is 8.68. The van der Waals surface area contributed by atoms with Crippen molar-refractivity contribution in [3.8, 4) is 10.6 Å². The van der Waals surface area contributed by atoms with Crippen LogP contribution < -0.4 is 0 Å². The molecule has 0 amide bonds. The third-order valence-corrected chi connectivity index (χ3v) is 5.75. The predicted molar refractivity (Wildman–Crippen MR) is 75.9 cm³/mol. The van der Waals surface area contributed by atoms with E-state index in [1.807, 2.05) is 0 Å². The number of nitrogens with zero attached hydrogens (tertiary/aromatic N) is 1. The third-order valence-electron chi connectivity index (χ3n) is 4.86. The molecular formula is C16H17NS. The second-order valence-electron chi connectivity index (χ2n) is 6.16. The number of aryl methyl sites for hydroxylation is 1. The zero-order valence-corrected chi connectivity index (χ0v) is 11.6. The monoisotopic (exact) mass is 255 g/mol. The Bertz CT molecular complexity index is 598. The van der Waals surface area contributed by atoms with Gasteiger partial charge in [0, 0.05) is 11.6 Å². The summed E-state index contributed by atoms with van der Waals surface area (Å²) in [5.41, 5.74) is 4.52. The van der Waals surface area contributed by atoms with Crippen LogP contribution in [0.15, 0.2) is 29.6 Å². The van der Waals surface area contributed by atoms with E-state index in [4.69, 9.17) is 4.98 Å². The van der Waals surface area contributed by atoms with E-state index in [-0.39, 0.29) is 0 Å². The van der Waals surface area contributed by atoms with E-state index in [2.05, 4.69) is 43.5 Å². The Hall–Kier alpha value is -1.15. The number of pyridine rings is 1. The second kappa shape index (κ2) is 3.45. The molecule has 18 heavy (non-hydrogen) atoms. The molecule has 2 aliphatic rings. The molecule has 0 spiro atoms. The Morgan fingerprint density at radius 1 is 1.28 bits per heavy atom. The van der Waals surface area contributed by atoms with Crippen LogP contribution in [0.5, 0.6) is 0 Å². The van der Waals surface area contributed by atoms with Crippen LogP contribution in [-0.4, -0.2) is 4.98 Å². The number of aromatic nitrogens is 1. The molecule has 1 saturated carbocycles. The molecule has 2 aromatic rings. The molecule has 0 N–H and O–H groups in total. The number of hydrogen-bond acceptors (Lipinski definition) is 2. The van der Waals surface area contributed by atoms with E-state index in [0.29, 0.717) is 11.3 Å². The summed E-state index contributed by atoms with van der Waals surface area (Å²) < 4.78 is 0. The topological polar surface area (TPSA) is 12.9 Å². The normalized spacial score (nSPS) is 27.4. The summed E-state index contributed by atoms with van der Waals surface area (Å²) in [6.07, 6.45) is 2.57. The molecule has 0 saturated heterocycles. The molecule has 0 unspecified atom stereocenters. The van der Waals surface area contributed by atoms with Crippen LogP contribution in [0.25, 0.3) is 10.6 Å². The maximum Gasteiger partial charge on any atom is 0.0805 e. The lowest BCUT2D eigenvalue weighted by Gasteiger charge is -2.14. The second-order valence-corrected chi connectivity index (χ2v) is 7.11. The van der Waals surface area contributed by atoms with Crippen molar-refractivity contribution in [2.24, 2.45) is 11.3 Å².